The fourth-order valence-electron chi connectivity index (χ4n) is 13.6. The molecular formula is C87H134N18O6S2. The minimum Gasteiger partial charge on any atom is -0.494 e. The number of nitrogens with one attached hydrogen (secondary N) is 4. The fraction of sp³-hybridized carbons (Fsp3) is 0.563. The Balaban J connectivity index is 0.000000283. The Morgan fingerprint density at radius 3 is 1.56 bits per heavy atom. The number of sulfonamides is 2. The van der Waals surface area contributed by atoms with E-state index in [1.54, 1.807) is 26.3 Å². The molecule has 0 aliphatic carbocycles. The molecular weight excluding hydrogens is 1460 g/mol. The smallest absolute Gasteiger partial charge is 0.283 e. The number of hydrogen-bond donors (Lipinski definition) is 5. The first-order chi connectivity index (χ1) is 54.6. The molecule has 620 valence electrons. The average Bonchev–Trinajstić information content (AvgIpc) is 1.64. The van der Waals surface area contributed by atoms with Crippen LogP contribution in [0.2, 0.25) is 0 Å². The lowest BCUT2D eigenvalue weighted by molar-refractivity contribution is 0.302. The third-order valence-electron chi connectivity index (χ3n) is 20.4. The van der Waals surface area contributed by atoms with Crippen LogP contribution in [0, 0.1) is 33.6 Å². The number of aliphatic hydroxyl groups is 1. The molecule has 113 heavy (non-hydrogen) atoms. The highest BCUT2D eigenvalue weighted by atomic mass is 32.2. The molecule has 24 nitrogen and oxygen atoms in total. The maximum absolute atomic E-state index is 14.1. The molecule has 0 atom stereocenters. The highest BCUT2D eigenvalue weighted by Crippen LogP contribution is 2.37. The number of rotatable bonds is 51. The molecule has 8 rings (SSSR count). The number of methoxy groups -OCH3 is 1. The third kappa shape index (κ3) is 32.6. The topological polar surface area (TPSA) is 296 Å². The second-order valence-electron chi connectivity index (χ2n) is 29.5. The van der Waals surface area contributed by atoms with Crippen LogP contribution in [0.5, 0.6) is 5.75 Å². The Hall–Kier alpha value is -8.72. The molecule has 3 aromatic heterocycles. The summed E-state index contributed by atoms with van der Waals surface area (Å²) in [6, 6.07) is 35.2. The molecule has 0 bridgehead atoms. The lowest BCUT2D eigenvalue weighted by Gasteiger charge is -2.23. The van der Waals surface area contributed by atoms with Gasteiger partial charge in [-0.15, -0.1) is 35.8 Å². The maximum atomic E-state index is 14.1. The SMILES string of the molecule is CCCCCCCCC(CCCCCCCC)Cc1n[nH]nc1N=Nc1ccc(N(CC)CCNS(C)(=O)=O)cc1OC.CCCCCCCCCCCCc1cccc(-c2nc(N=Nc3ccc(N(CC)CC)cc3C)c(S(=O)(=O)N(C)c3ccc(C)cc3)[nH]2)c1.CCN(CCO)c1ccc(N=Nc2cc(C)[nH]n2)c(C)c1. The summed E-state index contributed by atoms with van der Waals surface area (Å²) in [5, 5.41) is 53.7. The Bertz CT molecular complexity index is 4330. The fourth-order valence-corrected chi connectivity index (χ4v) is 15.3. The van der Waals surface area contributed by atoms with Crippen molar-refractivity contribution < 1.29 is 26.7 Å². The molecule has 0 saturated carbocycles. The van der Waals surface area contributed by atoms with Gasteiger partial charge in [-0.2, -0.15) is 23.8 Å². The number of aromatic nitrogens is 7. The molecule has 5 N–H and O–H groups in total. The standard InChI is InChI=1S/C40H56N6O2S.C32H57N7O3S.C15H21N5O/c1-7-10-11-12-13-14-15-16-17-18-20-33-21-19-22-34(30-33)38-41-39(44-43-37-28-27-36(29-32(37)5)46(8-2)9-3)40(42-38)49(47,48)45(6)35-25-23-31(4)24-26-35;1-6-9-11-13-15-17-19-27(20-18-16-14-12-10-7-2)25-30-32(37-38-35-30)36-34-29-22-21-28(26-31(29)42-4)39(8-3)24-23-33-43(5,40)41;1-4-20(7-8-21)13-5-6-14(11(2)9-13)17-19-15-10-12(3)16-18-15/h19,21-30H,7-18,20H2,1-6H3,(H,41,42);21-22,26-27,33H,6-20,23-25H2,1-5H3,(H,35,37,38);5-6,9-10,21H,4,7-8H2,1-3H3,(H,16,18). The number of anilines is 4. The third-order valence-corrected chi connectivity index (χ3v) is 22.9. The van der Waals surface area contributed by atoms with Crippen LogP contribution in [0.3, 0.4) is 0 Å². The number of nitrogens with zero attached hydrogens (tertiary/aromatic N) is 14. The number of aryl methyl sites for hydroxylation is 5. The van der Waals surface area contributed by atoms with Crippen molar-refractivity contribution in [2.24, 2.45) is 36.6 Å². The number of hydrogen-bond acceptors (Lipinski definition) is 19. The van der Waals surface area contributed by atoms with E-state index in [9.17, 15) is 16.8 Å². The molecule has 0 spiro atoms. The van der Waals surface area contributed by atoms with Gasteiger partial charge in [-0.25, -0.2) is 18.1 Å². The van der Waals surface area contributed by atoms with Crippen LogP contribution in [0.15, 0.2) is 145 Å². The largest absolute Gasteiger partial charge is 0.494 e. The van der Waals surface area contributed by atoms with E-state index < -0.39 is 20.0 Å². The predicted molar refractivity (Wildman–Crippen MR) is 466 cm³/mol. The van der Waals surface area contributed by atoms with Gasteiger partial charge in [-0.1, -0.05) is 204 Å². The zero-order chi connectivity index (χ0) is 81.8. The summed E-state index contributed by atoms with van der Waals surface area (Å²) in [6.45, 7) is 28.0. The van der Waals surface area contributed by atoms with Crippen molar-refractivity contribution >= 4 is 77.3 Å². The Morgan fingerprint density at radius 1 is 0.522 bits per heavy atom. The number of benzene rings is 5. The highest BCUT2D eigenvalue weighted by Gasteiger charge is 2.30. The summed E-state index contributed by atoms with van der Waals surface area (Å²) >= 11 is 0. The molecule has 26 heteroatoms. The first-order valence-electron chi connectivity index (χ1n) is 41.7. The molecule has 8 aromatic rings. The van der Waals surface area contributed by atoms with Crippen LogP contribution in [0.25, 0.3) is 11.4 Å². The number of imidazole rings is 1. The summed E-state index contributed by atoms with van der Waals surface area (Å²) in [6.07, 6.45) is 34.1. The lowest BCUT2D eigenvalue weighted by atomic mass is 9.90. The number of likely N-dealkylation sites (N-methyl/N-ethyl adjacent to an activating group) is 2. The van der Waals surface area contributed by atoms with Crippen LogP contribution < -0.4 is 28.5 Å². The second kappa shape index (κ2) is 51.2. The maximum Gasteiger partial charge on any atom is 0.283 e. The van der Waals surface area contributed by atoms with E-state index >= 15 is 0 Å². The molecule has 0 radical (unpaired) electrons. The summed E-state index contributed by atoms with van der Waals surface area (Å²) in [4.78, 5) is 14.3. The Kier molecular flexibility index (Phi) is 42.2. The molecule has 0 fully saturated rings. The van der Waals surface area contributed by atoms with Crippen molar-refractivity contribution in [1.82, 2.24) is 40.3 Å². The van der Waals surface area contributed by atoms with Gasteiger partial charge in [-0.3, -0.25) is 9.40 Å². The van der Waals surface area contributed by atoms with E-state index in [0.29, 0.717) is 65.8 Å². The van der Waals surface area contributed by atoms with Gasteiger partial charge < -0.3 is 29.5 Å². The molecule has 3 heterocycles. The van der Waals surface area contributed by atoms with Gasteiger partial charge in [0.25, 0.3) is 10.0 Å². The van der Waals surface area contributed by atoms with E-state index in [2.05, 4.69) is 147 Å². The van der Waals surface area contributed by atoms with Gasteiger partial charge in [0.15, 0.2) is 5.82 Å². The minimum absolute atomic E-state index is 0.0290. The number of H-pyrrole nitrogens is 3. The van der Waals surface area contributed by atoms with Gasteiger partial charge in [0.2, 0.25) is 26.7 Å². The number of ether oxygens (including phenoxy) is 1. The van der Waals surface area contributed by atoms with Crippen LogP contribution in [-0.4, -0.2) is 130 Å². The Morgan fingerprint density at radius 2 is 1.03 bits per heavy atom. The number of aliphatic hydroxyl groups excluding tert-OH is 1. The van der Waals surface area contributed by atoms with Crippen LogP contribution >= 0.6 is 0 Å². The van der Waals surface area contributed by atoms with Crippen LogP contribution in [0.1, 0.15) is 236 Å². The van der Waals surface area contributed by atoms with Crippen molar-refractivity contribution in [1.29, 1.82) is 0 Å². The molecule has 0 aliphatic heterocycles. The summed E-state index contributed by atoms with van der Waals surface area (Å²) in [7, 11) is -4.13. The lowest BCUT2D eigenvalue weighted by Crippen LogP contribution is -2.34. The highest BCUT2D eigenvalue weighted by molar-refractivity contribution is 7.92. The van der Waals surface area contributed by atoms with E-state index in [0.717, 1.165) is 108 Å². The predicted octanol–water partition coefficient (Wildman–Crippen LogP) is 22.8. The molecule has 0 unspecified atom stereocenters. The molecule has 5 aromatic carbocycles. The zero-order valence-electron chi connectivity index (χ0n) is 70.6. The number of aromatic amines is 3. The number of unbranched alkanes of at least 4 members (excludes halogenated alkanes) is 19. The molecule has 0 aliphatic rings. The molecule has 0 saturated heterocycles. The zero-order valence-corrected chi connectivity index (χ0v) is 72.2. The van der Waals surface area contributed by atoms with Crippen molar-refractivity contribution in [2.75, 3.05) is 91.8 Å². The van der Waals surface area contributed by atoms with E-state index in [4.69, 9.17) is 14.8 Å². The quantitative estimate of drug-likeness (QED) is 0.0175. The molecule has 0 amide bonds. The van der Waals surface area contributed by atoms with E-state index in [1.807, 2.05) is 107 Å². The van der Waals surface area contributed by atoms with Crippen molar-refractivity contribution in [3.05, 3.63) is 143 Å². The minimum atomic E-state index is -4.05. The van der Waals surface area contributed by atoms with E-state index in [1.165, 1.54) is 158 Å². The van der Waals surface area contributed by atoms with Crippen LogP contribution in [-0.2, 0) is 32.9 Å². The summed E-state index contributed by atoms with van der Waals surface area (Å²) < 4.78 is 60.4. The van der Waals surface area contributed by atoms with Gasteiger partial charge in [0.1, 0.15) is 23.0 Å². The van der Waals surface area contributed by atoms with Gasteiger partial charge in [0, 0.05) is 93.3 Å². The first kappa shape index (κ1) is 93.1. The Labute approximate surface area is 676 Å². The van der Waals surface area contributed by atoms with Crippen molar-refractivity contribution in [2.45, 2.75) is 248 Å². The normalized spacial score (nSPS) is 11.8. The average molecular weight is 1590 g/mol. The summed E-state index contributed by atoms with van der Waals surface area (Å²) in [5.41, 5.74) is 12.6. The number of azo groups is 3. The summed E-state index contributed by atoms with van der Waals surface area (Å²) in [5.74, 6) is 2.74. The van der Waals surface area contributed by atoms with Gasteiger partial charge in [-0.05, 0) is 164 Å². The first-order valence-corrected chi connectivity index (χ1v) is 45.1. The second-order valence-corrected chi connectivity index (χ2v) is 33.2. The van der Waals surface area contributed by atoms with Crippen LogP contribution in [0.4, 0.5) is 57.3 Å². The van der Waals surface area contributed by atoms with E-state index in [-0.39, 0.29) is 17.5 Å². The monoisotopic (exact) mass is 1590 g/mol. The van der Waals surface area contributed by atoms with Gasteiger partial charge >= 0.3 is 0 Å². The van der Waals surface area contributed by atoms with Crippen molar-refractivity contribution in [3.63, 3.8) is 0 Å². The van der Waals surface area contributed by atoms with Gasteiger partial charge in [0.05, 0.1) is 37.0 Å². The van der Waals surface area contributed by atoms with Crippen molar-refractivity contribution in [3.8, 4) is 17.1 Å².